The molecule has 18 heavy (non-hydrogen) atoms. The van der Waals surface area contributed by atoms with Crippen molar-refractivity contribution in [3.05, 3.63) is 23.3 Å². The van der Waals surface area contributed by atoms with E-state index in [0.717, 1.165) is 12.8 Å². The van der Waals surface area contributed by atoms with Gasteiger partial charge in [-0.15, -0.1) is 0 Å². The number of carbonyl (C=O) groups is 1. The third-order valence-corrected chi connectivity index (χ3v) is 4.54. The third-order valence-electron chi connectivity index (χ3n) is 4.54. The van der Waals surface area contributed by atoms with Crippen LogP contribution in [-0.4, -0.2) is 12.1 Å². The van der Waals surface area contributed by atoms with Crippen LogP contribution in [0.5, 0.6) is 0 Å². The molecule has 2 nitrogen and oxygen atoms in total. The van der Waals surface area contributed by atoms with Gasteiger partial charge in [0.25, 0.3) is 0 Å². The van der Waals surface area contributed by atoms with E-state index in [1.54, 1.807) is 5.57 Å². The molecule has 0 N–H and O–H groups in total. The molecule has 2 aliphatic carbocycles. The van der Waals surface area contributed by atoms with E-state index in [4.69, 9.17) is 4.74 Å². The minimum absolute atomic E-state index is 0.00426. The van der Waals surface area contributed by atoms with E-state index >= 15 is 0 Å². The number of hydrogen-bond donors (Lipinski definition) is 0. The zero-order chi connectivity index (χ0) is 13.5. The Balaban J connectivity index is 2.31. The van der Waals surface area contributed by atoms with Gasteiger partial charge in [0, 0.05) is 24.7 Å². The average molecular weight is 248 g/mol. The van der Waals surface area contributed by atoms with Crippen molar-refractivity contribution < 1.29 is 9.53 Å². The summed E-state index contributed by atoms with van der Waals surface area (Å²) in [4.78, 5) is 11.3. The highest BCUT2D eigenvalue weighted by Gasteiger charge is 2.41. The summed E-state index contributed by atoms with van der Waals surface area (Å²) in [5.74, 6) is 0.350. The van der Waals surface area contributed by atoms with Gasteiger partial charge in [0.15, 0.2) is 0 Å². The summed E-state index contributed by atoms with van der Waals surface area (Å²) in [5.41, 5.74) is 4.33. The Morgan fingerprint density at radius 3 is 2.72 bits per heavy atom. The molecule has 2 rings (SSSR count). The zero-order valence-electron chi connectivity index (χ0n) is 12.0. The molecule has 0 amide bonds. The zero-order valence-corrected chi connectivity index (χ0v) is 12.0. The first kappa shape index (κ1) is 13.4. The molecule has 0 aromatic rings. The highest BCUT2D eigenvalue weighted by Crippen LogP contribution is 2.49. The Hall–Kier alpha value is -1.05. The number of hydrogen-bond acceptors (Lipinski definition) is 2. The van der Waals surface area contributed by atoms with Crippen LogP contribution in [0.4, 0.5) is 0 Å². The van der Waals surface area contributed by atoms with Gasteiger partial charge in [-0.05, 0) is 26.2 Å². The number of ether oxygens (including phenoxy) is 1. The average Bonchev–Trinajstić information content (AvgIpc) is 2.54. The lowest BCUT2D eigenvalue weighted by Gasteiger charge is -2.32. The molecule has 1 saturated carbocycles. The molecule has 100 valence electrons. The Labute approximate surface area is 110 Å². The summed E-state index contributed by atoms with van der Waals surface area (Å²) in [7, 11) is 0. The van der Waals surface area contributed by atoms with Crippen LogP contribution >= 0.6 is 0 Å². The molecule has 0 saturated heterocycles. The predicted octanol–water partition coefficient (Wildman–Crippen LogP) is 4.02. The summed E-state index contributed by atoms with van der Waals surface area (Å²) in [6.45, 7) is 12.4. The summed E-state index contributed by atoms with van der Waals surface area (Å²) >= 11 is 0. The smallest absolute Gasteiger partial charge is 0.302 e. The van der Waals surface area contributed by atoms with Gasteiger partial charge in [0.2, 0.25) is 0 Å². The van der Waals surface area contributed by atoms with Crippen LogP contribution in [0.25, 0.3) is 0 Å². The fraction of sp³-hybridized carbons (Fsp3) is 0.688. The monoisotopic (exact) mass is 248 g/mol. The Morgan fingerprint density at radius 1 is 1.44 bits per heavy atom. The van der Waals surface area contributed by atoms with Gasteiger partial charge in [-0.3, -0.25) is 4.79 Å². The van der Waals surface area contributed by atoms with Crippen LogP contribution < -0.4 is 0 Å². The van der Waals surface area contributed by atoms with Gasteiger partial charge >= 0.3 is 5.97 Å². The van der Waals surface area contributed by atoms with Crippen LogP contribution in [0, 0.1) is 11.3 Å². The van der Waals surface area contributed by atoms with Crippen molar-refractivity contribution >= 4 is 5.97 Å². The van der Waals surface area contributed by atoms with E-state index in [1.165, 1.54) is 30.9 Å². The lowest BCUT2D eigenvalue weighted by molar-refractivity contribution is -0.152. The fourth-order valence-corrected chi connectivity index (χ4v) is 3.38. The van der Waals surface area contributed by atoms with Crippen LogP contribution in [0.15, 0.2) is 23.3 Å². The molecule has 0 bridgehead atoms. The van der Waals surface area contributed by atoms with Gasteiger partial charge in [-0.1, -0.05) is 37.1 Å². The highest BCUT2D eigenvalue weighted by atomic mass is 16.5. The number of rotatable bonds is 1. The third kappa shape index (κ3) is 2.38. The maximum atomic E-state index is 11.3. The van der Waals surface area contributed by atoms with E-state index in [-0.39, 0.29) is 17.5 Å². The second-order valence-corrected chi connectivity index (χ2v) is 6.52. The van der Waals surface area contributed by atoms with Crippen molar-refractivity contribution in [3.63, 3.8) is 0 Å². The minimum Gasteiger partial charge on any atom is -0.462 e. The highest BCUT2D eigenvalue weighted by molar-refractivity contribution is 5.66. The first-order valence-corrected chi connectivity index (χ1v) is 6.84. The molecule has 2 atom stereocenters. The molecule has 0 unspecified atom stereocenters. The van der Waals surface area contributed by atoms with Crippen molar-refractivity contribution in [2.24, 2.45) is 11.3 Å². The van der Waals surface area contributed by atoms with Gasteiger partial charge in [0.1, 0.15) is 6.10 Å². The van der Waals surface area contributed by atoms with Gasteiger partial charge < -0.3 is 4.74 Å². The molecular formula is C16H24O2. The van der Waals surface area contributed by atoms with Crippen molar-refractivity contribution in [2.45, 2.75) is 59.5 Å². The first-order valence-electron chi connectivity index (χ1n) is 6.84. The van der Waals surface area contributed by atoms with Gasteiger partial charge in [0.05, 0.1) is 0 Å². The number of carbonyl (C=O) groups excluding carboxylic acids is 1. The van der Waals surface area contributed by atoms with Gasteiger partial charge in [-0.25, -0.2) is 0 Å². The summed E-state index contributed by atoms with van der Waals surface area (Å²) in [6.07, 6.45) is 4.21. The number of esters is 1. The molecule has 0 radical (unpaired) electrons. The van der Waals surface area contributed by atoms with E-state index in [2.05, 4.69) is 27.4 Å². The normalized spacial score (nSPS) is 31.0. The topological polar surface area (TPSA) is 26.3 Å². The Morgan fingerprint density at radius 2 is 2.11 bits per heavy atom. The summed E-state index contributed by atoms with van der Waals surface area (Å²) < 4.78 is 5.53. The molecule has 2 heteroatoms. The lowest BCUT2D eigenvalue weighted by atomic mass is 9.80. The standard InChI is InChI=1S/C16H24O2/c1-10-6-7-13-11(2)8-15(18-12(3)17)16(4,5)9-14(10)13/h13,15H,2,6-9H2,1,3-5H3/t13-,15-/m0/s1. The second kappa shape index (κ2) is 4.56. The molecule has 0 aromatic carbocycles. The molecule has 2 aliphatic rings. The minimum atomic E-state index is -0.182. The van der Waals surface area contributed by atoms with E-state index in [9.17, 15) is 4.79 Å². The maximum Gasteiger partial charge on any atom is 0.302 e. The van der Waals surface area contributed by atoms with Crippen LogP contribution in [0.1, 0.15) is 53.4 Å². The predicted molar refractivity (Wildman–Crippen MR) is 73.1 cm³/mol. The molecule has 0 heterocycles. The second-order valence-electron chi connectivity index (χ2n) is 6.52. The molecule has 0 aliphatic heterocycles. The lowest BCUT2D eigenvalue weighted by Crippen LogP contribution is -2.32. The van der Waals surface area contributed by atoms with E-state index in [1.807, 2.05) is 0 Å². The largest absolute Gasteiger partial charge is 0.462 e. The van der Waals surface area contributed by atoms with Crippen LogP contribution in [0.3, 0.4) is 0 Å². The van der Waals surface area contributed by atoms with Crippen LogP contribution in [-0.2, 0) is 9.53 Å². The van der Waals surface area contributed by atoms with E-state index in [0.29, 0.717) is 5.92 Å². The summed E-state index contributed by atoms with van der Waals surface area (Å²) in [6, 6.07) is 0. The number of allylic oxidation sites excluding steroid dienone is 2. The van der Waals surface area contributed by atoms with Crippen molar-refractivity contribution in [3.8, 4) is 0 Å². The maximum absolute atomic E-state index is 11.3. The number of fused-ring (bicyclic) bond motifs is 1. The molecule has 0 spiro atoms. The van der Waals surface area contributed by atoms with Crippen molar-refractivity contribution in [1.82, 2.24) is 0 Å². The molecule has 0 aromatic heterocycles. The van der Waals surface area contributed by atoms with Crippen molar-refractivity contribution in [2.75, 3.05) is 0 Å². The Bertz CT molecular complexity index is 415. The first-order chi connectivity index (χ1) is 8.31. The van der Waals surface area contributed by atoms with Gasteiger partial charge in [-0.2, -0.15) is 0 Å². The summed E-state index contributed by atoms with van der Waals surface area (Å²) in [5, 5.41) is 0. The Kier molecular flexibility index (Phi) is 3.39. The van der Waals surface area contributed by atoms with Crippen molar-refractivity contribution in [1.29, 1.82) is 0 Å². The SMILES string of the molecule is C=C1C[C@H](OC(C)=O)C(C)(C)CC2=C(C)CC[C@@H]12. The van der Waals surface area contributed by atoms with Crippen LogP contribution in [0.2, 0.25) is 0 Å². The molecular weight excluding hydrogens is 224 g/mol. The molecule has 1 fully saturated rings. The fourth-order valence-electron chi connectivity index (χ4n) is 3.38. The quantitative estimate of drug-likeness (QED) is 0.517. The van der Waals surface area contributed by atoms with E-state index < -0.39 is 0 Å².